The summed E-state index contributed by atoms with van der Waals surface area (Å²) in [6, 6.07) is 0.818. The van der Waals surface area contributed by atoms with Crippen LogP contribution >= 0.6 is 0 Å². The summed E-state index contributed by atoms with van der Waals surface area (Å²) in [6.07, 6.45) is 5.52. The van der Waals surface area contributed by atoms with Crippen molar-refractivity contribution in [1.82, 2.24) is 4.90 Å². The zero-order chi connectivity index (χ0) is 6.55. The van der Waals surface area contributed by atoms with E-state index in [0.717, 1.165) is 6.04 Å². The highest BCUT2D eigenvalue weighted by Crippen LogP contribution is 2.40. The Labute approximate surface area is 61.1 Å². The molecule has 56 valence electrons. The van der Waals surface area contributed by atoms with Crippen molar-refractivity contribution in [3.63, 3.8) is 0 Å². The van der Waals surface area contributed by atoms with Crippen molar-refractivity contribution in [2.45, 2.75) is 37.5 Å². The van der Waals surface area contributed by atoms with Gasteiger partial charge in [-0.1, -0.05) is 6.42 Å². The van der Waals surface area contributed by atoms with Crippen LogP contribution in [0.25, 0.3) is 0 Å². The summed E-state index contributed by atoms with van der Waals surface area (Å²) in [4.78, 5) is 2.61. The van der Waals surface area contributed by atoms with Crippen molar-refractivity contribution in [1.29, 1.82) is 0 Å². The number of hydrogen-bond donors (Lipinski definition) is 0. The fourth-order valence-electron chi connectivity index (χ4n) is 2.49. The van der Waals surface area contributed by atoms with Crippen molar-refractivity contribution in [2.24, 2.45) is 0 Å². The van der Waals surface area contributed by atoms with Crippen LogP contribution in [0.4, 0.5) is 0 Å². The van der Waals surface area contributed by atoms with E-state index in [1.807, 2.05) is 0 Å². The Morgan fingerprint density at radius 2 is 2.30 bits per heavy atom. The molecule has 0 radical (unpaired) electrons. The van der Waals surface area contributed by atoms with Crippen molar-refractivity contribution in [3.8, 4) is 0 Å². The van der Waals surface area contributed by atoms with E-state index in [1.54, 1.807) is 0 Å². The summed E-state index contributed by atoms with van der Waals surface area (Å²) in [5, 5.41) is 0. The van der Waals surface area contributed by atoms with Gasteiger partial charge in [0.25, 0.3) is 0 Å². The second-order valence-electron chi connectivity index (χ2n) is 3.70. The summed E-state index contributed by atoms with van der Waals surface area (Å²) in [6.45, 7) is 2.57. The van der Waals surface area contributed by atoms with E-state index in [-0.39, 0.29) is 0 Å². The molecule has 2 nitrogen and oxygen atoms in total. The zero-order valence-corrected chi connectivity index (χ0v) is 6.12. The molecule has 0 unspecified atom stereocenters. The summed E-state index contributed by atoms with van der Waals surface area (Å²) >= 11 is 0. The minimum Gasteiger partial charge on any atom is -0.366 e. The van der Waals surface area contributed by atoms with Crippen molar-refractivity contribution in [3.05, 3.63) is 0 Å². The maximum Gasteiger partial charge on any atom is 0.101 e. The molecular weight excluding hydrogens is 126 g/mol. The molecule has 3 heterocycles. The molecule has 0 N–H and O–H groups in total. The van der Waals surface area contributed by atoms with Crippen LogP contribution < -0.4 is 0 Å². The highest BCUT2D eigenvalue weighted by atomic mass is 16.6. The number of epoxide rings is 1. The molecule has 0 bridgehead atoms. The third kappa shape index (κ3) is 0.611. The second-order valence-corrected chi connectivity index (χ2v) is 3.70. The standard InChI is InChI=1S/C8H13NO/c1-2-4-9-5-7-8(10-7)6(9)3-1/h6-8H,1-5H2/t6-,7+,8-/m0/s1. The SMILES string of the molecule is C1CCN2C[C@H]3O[C@H]3[C@@H]2C1. The van der Waals surface area contributed by atoms with Crippen molar-refractivity contribution < 1.29 is 4.74 Å². The largest absolute Gasteiger partial charge is 0.366 e. The van der Waals surface area contributed by atoms with E-state index in [2.05, 4.69) is 4.90 Å². The first-order valence-corrected chi connectivity index (χ1v) is 4.35. The molecule has 0 aliphatic carbocycles. The molecule has 0 aromatic heterocycles. The monoisotopic (exact) mass is 139 g/mol. The predicted octanol–water partition coefficient (Wildman–Crippen LogP) is 0.622. The van der Waals surface area contributed by atoms with Crippen LogP contribution in [-0.2, 0) is 4.74 Å². The lowest BCUT2D eigenvalue weighted by Crippen LogP contribution is -2.38. The molecule has 3 aliphatic heterocycles. The number of piperidine rings is 1. The second kappa shape index (κ2) is 1.74. The minimum absolute atomic E-state index is 0.642. The van der Waals surface area contributed by atoms with Crippen LogP contribution in [-0.4, -0.2) is 36.2 Å². The van der Waals surface area contributed by atoms with Crippen molar-refractivity contribution >= 4 is 0 Å². The molecule has 0 spiro atoms. The molecule has 3 rings (SSSR count). The van der Waals surface area contributed by atoms with Gasteiger partial charge in [-0.25, -0.2) is 0 Å². The van der Waals surface area contributed by atoms with Gasteiger partial charge in [0.05, 0.1) is 6.10 Å². The maximum absolute atomic E-state index is 5.48. The molecule has 3 fully saturated rings. The summed E-state index contributed by atoms with van der Waals surface area (Å²) in [5.41, 5.74) is 0. The molecule has 3 aliphatic rings. The van der Waals surface area contributed by atoms with Gasteiger partial charge in [-0.3, -0.25) is 4.90 Å². The smallest absolute Gasteiger partial charge is 0.101 e. The van der Waals surface area contributed by atoms with Crippen LogP contribution in [0.15, 0.2) is 0 Å². The lowest BCUT2D eigenvalue weighted by Gasteiger charge is -2.30. The molecular formula is C8H13NO. The van der Waals surface area contributed by atoms with E-state index in [4.69, 9.17) is 4.74 Å². The number of hydrogen-bond acceptors (Lipinski definition) is 2. The van der Waals surface area contributed by atoms with E-state index in [0.29, 0.717) is 12.2 Å². The van der Waals surface area contributed by atoms with Crippen LogP contribution in [0.5, 0.6) is 0 Å². The Morgan fingerprint density at radius 1 is 1.30 bits per heavy atom. The Bertz CT molecular complexity index is 159. The first kappa shape index (κ1) is 5.56. The van der Waals surface area contributed by atoms with Crippen molar-refractivity contribution in [2.75, 3.05) is 13.1 Å². The highest BCUT2D eigenvalue weighted by molar-refractivity contribution is 5.05. The van der Waals surface area contributed by atoms with Gasteiger partial charge in [0.2, 0.25) is 0 Å². The zero-order valence-electron chi connectivity index (χ0n) is 6.12. The fourth-order valence-corrected chi connectivity index (χ4v) is 2.49. The van der Waals surface area contributed by atoms with E-state index < -0.39 is 0 Å². The molecule has 2 heteroatoms. The number of ether oxygens (including phenoxy) is 1. The van der Waals surface area contributed by atoms with Gasteiger partial charge >= 0.3 is 0 Å². The van der Waals surface area contributed by atoms with Crippen LogP contribution in [0.2, 0.25) is 0 Å². The number of nitrogens with zero attached hydrogens (tertiary/aromatic N) is 1. The number of rotatable bonds is 0. The van der Waals surface area contributed by atoms with Gasteiger partial charge in [0, 0.05) is 12.6 Å². The third-order valence-electron chi connectivity index (χ3n) is 3.08. The Kier molecular flexibility index (Phi) is 0.968. The molecule has 3 saturated heterocycles. The lowest BCUT2D eigenvalue weighted by atomic mass is 10.0. The summed E-state index contributed by atoms with van der Waals surface area (Å²) in [5.74, 6) is 0. The van der Waals surface area contributed by atoms with Gasteiger partial charge < -0.3 is 4.74 Å². The first-order chi connectivity index (χ1) is 4.95. The van der Waals surface area contributed by atoms with Gasteiger partial charge in [-0.15, -0.1) is 0 Å². The van der Waals surface area contributed by atoms with Crippen LogP contribution in [0, 0.1) is 0 Å². The number of fused-ring (bicyclic) bond motifs is 3. The predicted molar refractivity (Wildman–Crippen MR) is 37.9 cm³/mol. The highest BCUT2D eigenvalue weighted by Gasteiger charge is 2.54. The topological polar surface area (TPSA) is 15.8 Å². The van der Waals surface area contributed by atoms with Gasteiger partial charge in [0.1, 0.15) is 6.10 Å². The Hall–Kier alpha value is -0.0800. The van der Waals surface area contributed by atoms with Crippen LogP contribution in [0.1, 0.15) is 19.3 Å². The first-order valence-electron chi connectivity index (χ1n) is 4.35. The third-order valence-corrected chi connectivity index (χ3v) is 3.08. The van der Waals surface area contributed by atoms with Gasteiger partial charge in [-0.05, 0) is 19.4 Å². The molecule has 0 aromatic rings. The summed E-state index contributed by atoms with van der Waals surface area (Å²) in [7, 11) is 0. The fraction of sp³-hybridized carbons (Fsp3) is 1.00. The maximum atomic E-state index is 5.48. The normalized spacial score (nSPS) is 52.2. The van der Waals surface area contributed by atoms with Crippen LogP contribution in [0.3, 0.4) is 0 Å². The molecule has 0 amide bonds. The average molecular weight is 139 g/mol. The average Bonchev–Trinajstić information content (AvgIpc) is 2.64. The minimum atomic E-state index is 0.642. The Balaban J connectivity index is 1.80. The van der Waals surface area contributed by atoms with Gasteiger partial charge in [-0.2, -0.15) is 0 Å². The lowest BCUT2D eigenvalue weighted by molar-refractivity contribution is 0.109. The van der Waals surface area contributed by atoms with E-state index in [1.165, 1.54) is 32.4 Å². The van der Waals surface area contributed by atoms with E-state index >= 15 is 0 Å². The molecule has 0 aromatic carbocycles. The quantitative estimate of drug-likeness (QED) is 0.457. The number of morpholine rings is 1. The molecule has 3 atom stereocenters. The van der Waals surface area contributed by atoms with E-state index in [9.17, 15) is 0 Å². The molecule has 0 saturated carbocycles. The molecule has 10 heavy (non-hydrogen) atoms. The Morgan fingerprint density at radius 3 is 3.20 bits per heavy atom. The van der Waals surface area contributed by atoms with Gasteiger partial charge in [0.15, 0.2) is 0 Å². The summed E-state index contributed by atoms with van der Waals surface area (Å²) < 4.78 is 5.48.